The van der Waals surface area contributed by atoms with Crippen LogP contribution >= 0.6 is 0 Å². The molecule has 39 heavy (non-hydrogen) atoms. The van der Waals surface area contributed by atoms with Crippen LogP contribution in [0.5, 0.6) is 0 Å². The number of amides is 1. The molecule has 0 saturated carbocycles. The highest BCUT2D eigenvalue weighted by atomic mass is 19.4. The third-order valence-electron chi connectivity index (χ3n) is 7.32. The van der Waals surface area contributed by atoms with Gasteiger partial charge >= 0.3 is 6.18 Å². The molecule has 6 rings (SSSR count). The van der Waals surface area contributed by atoms with E-state index in [0.29, 0.717) is 35.7 Å². The summed E-state index contributed by atoms with van der Waals surface area (Å²) < 4.78 is 46.4. The first-order valence-corrected chi connectivity index (χ1v) is 12.3. The van der Waals surface area contributed by atoms with Crippen molar-refractivity contribution in [2.24, 2.45) is 7.05 Å². The number of fused-ring (bicyclic) bond motifs is 4. The highest BCUT2D eigenvalue weighted by Crippen LogP contribution is 2.35. The van der Waals surface area contributed by atoms with Crippen molar-refractivity contribution >= 4 is 33.5 Å². The molecule has 7 nitrogen and oxygen atoms in total. The van der Waals surface area contributed by atoms with Crippen LogP contribution in [0.2, 0.25) is 0 Å². The number of nitrogens with zero attached hydrogens (tertiary/aromatic N) is 4. The van der Waals surface area contributed by atoms with Gasteiger partial charge < -0.3 is 15.4 Å². The number of ether oxygens (including phenoxy) is 1. The zero-order valence-corrected chi connectivity index (χ0v) is 21.2. The summed E-state index contributed by atoms with van der Waals surface area (Å²) in [7, 11) is 3.55. The SMILES string of the molecule is CN(C(=O)c1ccc2nc(N)c3cnn(C)c3c2c1)C1COCc2cc(-c3ccc(C(F)(F)F)cc3)ccc21. The van der Waals surface area contributed by atoms with Crippen LogP contribution in [0.1, 0.15) is 33.1 Å². The molecular weight excluding hydrogens is 507 g/mol. The van der Waals surface area contributed by atoms with E-state index in [0.717, 1.165) is 45.1 Å². The molecule has 0 fully saturated rings. The molecule has 0 bridgehead atoms. The van der Waals surface area contributed by atoms with E-state index in [1.165, 1.54) is 12.1 Å². The number of carbonyl (C=O) groups is 1. The Morgan fingerprint density at radius 2 is 1.79 bits per heavy atom. The number of alkyl halides is 3. The van der Waals surface area contributed by atoms with Crippen LogP contribution in [0.3, 0.4) is 0 Å². The molecule has 0 aliphatic carbocycles. The van der Waals surface area contributed by atoms with Crippen molar-refractivity contribution in [2.75, 3.05) is 19.4 Å². The fourth-order valence-corrected chi connectivity index (χ4v) is 5.21. The summed E-state index contributed by atoms with van der Waals surface area (Å²) in [6, 6.07) is 15.8. The molecule has 1 aliphatic heterocycles. The number of hydrogen-bond donors (Lipinski definition) is 1. The summed E-state index contributed by atoms with van der Waals surface area (Å²) in [5.41, 5.74) is 10.7. The number of aryl methyl sites for hydroxylation is 1. The Kier molecular flexibility index (Phi) is 5.80. The maximum atomic E-state index is 13.6. The monoisotopic (exact) mass is 531 g/mol. The van der Waals surface area contributed by atoms with Crippen LogP contribution in [-0.2, 0) is 24.6 Å². The van der Waals surface area contributed by atoms with E-state index in [-0.39, 0.29) is 11.9 Å². The number of halogens is 3. The number of hydrogen-bond acceptors (Lipinski definition) is 5. The van der Waals surface area contributed by atoms with Gasteiger partial charge in [-0.1, -0.05) is 24.3 Å². The maximum absolute atomic E-state index is 13.6. The highest BCUT2D eigenvalue weighted by Gasteiger charge is 2.31. The van der Waals surface area contributed by atoms with Crippen molar-refractivity contribution in [3.05, 3.63) is 89.1 Å². The Morgan fingerprint density at radius 3 is 2.54 bits per heavy atom. The van der Waals surface area contributed by atoms with Gasteiger partial charge in [0.25, 0.3) is 5.91 Å². The first-order chi connectivity index (χ1) is 18.6. The Labute approximate surface area is 221 Å². The second-order valence-electron chi connectivity index (χ2n) is 9.70. The third kappa shape index (κ3) is 4.26. The van der Waals surface area contributed by atoms with Gasteiger partial charge in [0, 0.05) is 25.0 Å². The Bertz CT molecular complexity index is 1740. The molecular formula is C29H24F3N5O2. The van der Waals surface area contributed by atoms with E-state index >= 15 is 0 Å². The van der Waals surface area contributed by atoms with Crippen LogP contribution in [-0.4, -0.2) is 39.2 Å². The average molecular weight is 532 g/mol. The van der Waals surface area contributed by atoms with Crippen LogP contribution < -0.4 is 5.73 Å². The average Bonchev–Trinajstić information content (AvgIpc) is 3.33. The molecule has 1 atom stereocenters. The molecule has 10 heteroatoms. The highest BCUT2D eigenvalue weighted by molar-refractivity contribution is 6.10. The molecule has 1 aliphatic rings. The van der Waals surface area contributed by atoms with Gasteiger partial charge in [-0.2, -0.15) is 18.3 Å². The second-order valence-corrected chi connectivity index (χ2v) is 9.70. The van der Waals surface area contributed by atoms with E-state index in [1.54, 1.807) is 35.0 Å². The van der Waals surface area contributed by atoms with Gasteiger partial charge in [-0.3, -0.25) is 9.48 Å². The molecule has 0 radical (unpaired) electrons. The standard InChI is InChI=1S/C29H24F3N5O2/c1-36(28(38)18-6-10-24-22(12-18)26-23(27(33)35-24)13-34-37(26)2)25-15-39-14-19-11-17(5-9-21(19)25)16-3-7-20(8-4-16)29(30,31)32/h3-13,25H,14-15H2,1-2H3,(H2,33,35). The molecule has 3 heterocycles. The fraction of sp³-hybridized carbons (Fsp3) is 0.207. The molecule has 0 spiro atoms. The minimum Gasteiger partial charge on any atom is -0.383 e. The van der Waals surface area contributed by atoms with E-state index in [4.69, 9.17) is 10.5 Å². The van der Waals surface area contributed by atoms with Crippen LogP contribution in [0, 0.1) is 0 Å². The smallest absolute Gasteiger partial charge is 0.383 e. The zero-order valence-electron chi connectivity index (χ0n) is 21.2. The predicted octanol–water partition coefficient (Wildman–Crippen LogP) is 5.73. The summed E-state index contributed by atoms with van der Waals surface area (Å²) in [4.78, 5) is 19.7. The Hall–Kier alpha value is -4.44. The van der Waals surface area contributed by atoms with Gasteiger partial charge in [0.15, 0.2) is 0 Å². The molecule has 2 N–H and O–H groups in total. The number of aromatic nitrogens is 3. The lowest BCUT2D eigenvalue weighted by molar-refractivity contribution is -0.137. The van der Waals surface area contributed by atoms with E-state index in [2.05, 4.69) is 10.1 Å². The van der Waals surface area contributed by atoms with Crippen LogP contribution in [0.15, 0.2) is 66.9 Å². The number of nitrogens with two attached hydrogens (primary N) is 1. The van der Waals surface area contributed by atoms with Gasteiger partial charge in [-0.05, 0) is 58.7 Å². The number of anilines is 1. The summed E-state index contributed by atoms with van der Waals surface area (Å²) >= 11 is 0. The van der Waals surface area contributed by atoms with E-state index in [9.17, 15) is 18.0 Å². The predicted molar refractivity (Wildman–Crippen MR) is 142 cm³/mol. The maximum Gasteiger partial charge on any atom is 0.416 e. The van der Waals surface area contributed by atoms with Crippen molar-refractivity contribution < 1.29 is 22.7 Å². The molecule has 2 aromatic heterocycles. The first-order valence-electron chi connectivity index (χ1n) is 12.3. The lowest BCUT2D eigenvalue weighted by Crippen LogP contribution is -2.36. The van der Waals surface area contributed by atoms with E-state index < -0.39 is 11.7 Å². The molecule has 5 aromatic rings. The minimum absolute atomic E-state index is 0.183. The second kappa shape index (κ2) is 9.09. The van der Waals surface area contributed by atoms with Crippen molar-refractivity contribution in [3.63, 3.8) is 0 Å². The minimum atomic E-state index is -4.38. The quantitative estimate of drug-likeness (QED) is 0.321. The summed E-state index contributed by atoms with van der Waals surface area (Å²) in [6.45, 7) is 0.677. The van der Waals surface area contributed by atoms with Gasteiger partial charge in [-0.25, -0.2) is 4.98 Å². The first kappa shape index (κ1) is 24.9. The number of pyridine rings is 1. The van der Waals surface area contributed by atoms with Crippen molar-refractivity contribution in [1.29, 1.82) is 0 Å². The normalized spacial score (nSPS) is 15.5. The number of rotatable bonds is 3. The van der Waals surface area contributed by atoms with Gasteiger partial charge in [0.2, 0.25) is 0 Å². The fourth-order valence-electron chi connectivity index (χ4n) is 5.21. The molecule has 1 amide bonds. The summed E-state index contributed by atoms with van der Waals surface area (Å²) in [6.07, 6.45) is -2.72. The summed E-state index contributed by atoms with van der Waals surface area (Å²) in [5, 5.41) is 5.79. The molecule has 0 saturated heterocycles. The molecule has 3 aromatic carbocycles. The number of likely N-dealkylation sites (N-methyl/N-ethyl adjacent to an activating group) is 1. The summed E-state index contributed by atoms with van der Waals surface area (Å²) in [5.74, 6) is 0.200. The molecule has 1 unspecified atom stereocenters. The lowest BCUT2D eigenvalue weighted by atomic mass is 9.93. The third-order valence-corrected chi connectivity index (χ3v) is 7.32. The Balaban J connectivity index is 1.31. The lowest BCUT2D eigenvalue weighted by Gasteiger charge is -2.33. The van der Waals surface area contributed by atoms with Gasteiger partial charge in [0.1, 0.15) is 5.82 Å². The van der Waals surface area contributed by atoms with Gasteiger partial charge in [-0.15, -0.1) is 0 Å². The van der Waals surface area contributed by atoms with Crippen LogP contribution in [0.25, 0.3) is 32.9 Å². The van der Waals surface area contributed by atoms with Gasteiger partial charge in [0.05, 0.1) is 47.4 Å². The van der Waals surface area contributed by atoms with Crippen molar-refractivity contribution in [3.8, 4) is 11.1 Å². The van der Waals surface area contributed by atoms with Crippen molar-refractivity contribution in [1.82, 2.24) is 19.7 Å². The number of carbonyl (C=O) groups excluding carboxylic acids is 1. The van der Waals surface area contributed by atoms with Crippen LogP contribution in [0.4, 0.5) is 19.0 Å². The zero-order chi connectivity index (χ0) is 27.5. The number of nitrogen functional groups attached to an aromatic ring is 1. The topological polar surface area (TPSA) is 86.3 Å². The van der Waals surface area contributed by atoms with Crippen molar-refractivity contribution in [2.45, 2.75) is 18.8 Å². The largest absolute Gasteiger partial charge is 0.416 e. The van der Waals surface area contributed by atoms with E-state index in [1.807, 2.05) is 31.3 Å². The molecule has 198 valence electrons. The Morgan fingerprint density at radius 1 is 1.05 bits per heavy atom. The number of benzene rings is 3.